The van der Waals surface area contributed by atoms with E-state index >= 15 is 0 Å². The Morgan fingerprint density at radius 3 is 2.19 bits per heavy atom. The quantitative estimate of drug-likeness (QED) is 0.710. The molecule has 0 bridgehead atoms. The van der Waals surface area contributed by atoms with Crippen LogP contribution in [0.5, 0.6) is 0 Å². The molecule has 2 aromatic carbocycles. The van der Waals surface area contributed by atoms with Gasteiger partial charge in [-0.25, -0.2) is 9.80 Å². The average molecular weight is 378 g/mol. The Morgan fingerprint density at radius 2 is 1.52 bits per heavy atom. The maximum Gasteiger partial charge on any atom is 0.298 e. The van der Waals surface area contributed by atoms with Crippen molar-refractivity contribution >= 4 is 51.7 Å². The van der Waals surface area contributed by atoms with E-state index in [2.05, 4.69) is 0 Å². The van der Waals surface area contributed by atoms with Crippen molar-refractivity contribution in [3.63, 3.8) is 0 Å². The molecule has 2 aromatic rings. The SMILES string of the molecule is CC(=O)N1C(=O)/C(=C2\SC(=O)N(c3ccccc3C)C2=O)c2ccccc21. The molecule has 0 N–H and O–H groups in total. The number of carbonyl (C=O) groups is 4. The van der Waals surface area contributed by atoms with E-state index in [9.17, 15) is 19.2 Å². The molecule has 134 valence electrons. The first-order valence-electron chi connectivity index (χ1n) is 8.22. The highest BCUT2D eigenvalue weighted by molar-refractivity contribution is 8.19. The summed E-state index contributed by atoms with van der Waals surface area (Å²) in [4.78, 5) is 52.7. The highest BCUT2D eigenvalue weighted by Gasteiger charge is 2.45. The van der Waals surface area contributed by atoms with Crippen LogP contribution in [0.1, 0.15) is 18.1 Å². The lowest BCUT2D eigenvalue weighted by Gasteiger charge is -2.15. The Morgan fingerprint density at radius 1 is 0.889 bits per heavy atom. The molecule has 27 heavy (non-hydrogen) atoms. The monoisotopic (exact) mass is 378 g/mol. The van der Waals surface area contributed by atoms with Gasteiger partial charge in [0, 0.05) is 12.5 Å². The van der Waals surface area contributed by atoms with Gasteiger partial charge in [-0.2, -0.15) is 0 Å². The number of anilines is 2. The minimum atomic E-state index is -0.584. The second kappa shape index (κ2) is 6.21. The van der Waals surface area contributed by atoms with E-state index in [-0.39, 0.29) is 10.5 Å². The average Bonchev–Trinajstić information content (AvgIpc) is 3.08. The lowest BCUT2D eigenvalue weighted by molar-refractivity contribution is -0.122. The molecule has 2 aliphatic heterocycles. The van der Waals surface area contributed by atoms with E-state index in [0.717, 1.165) is 27.1 Å². The smallest absolute Gasteiger partial charge is 0.274 e. The molecule has 0 radical (unpaired) electrons. The minimum Gasteiger partial charge on any atom is -0.274 e. The van der Waals surface area contributed by atoms with Crippen LogP contribution in [-0.4, -0.2) is 23.0 Å². The Bertz CT molecular complexity index is 1070. The normalized spacial score (nSPS) is 19.1. The molecule has 0 aromatic heterocycles. The number of imide groups is 2. The predicted molar refractivity (Wildman–Crippen MR) is 103 cm³/mol. The summed E-state index contributed by atoms with van der Waals surface area (Å²) in [5, 5.41) is -0.469. The number of hydrogen-bond acceptors (Lipinski definition) is 5. The van der Waals surface area contributed by atoms with Gasteiger partial charge >= 0.3 is 0 Å². The molecule has 0 spiro atoms. The van der Waals surface area contributed by atoms with Crippen LogP contribution in [0.3, 0.4) is 0 Å². The molecular weight excluding hydrogens is 364 g/mol. The zero-order chi connectivity index (χ0) is 19.3. The van der Waals surface area contributed by atoms with Gasteiger partial charge in [-0.05, 0) is 36.4 Å². The molecule has 0 saturated carbocycles. The topological polar surface area (TPSA) is 74.8 Å². The number of fused-ring (bicyclic) bond motifs is 1. The van der Waals surface area contributed by atoms with Gasteiger partial charge in [0.25, 0.3) is 17.1 Å². The molecule has 0 aliphatic carbocycles. The van der Waals surface area contributed by atoms with E-state index in [4.69, 9.17) is 0 Å². The number of thioether (sulfide) groups is 1. The van der Waals surface area contributed by atoms with Crippen LogP contribution >= 0.6 is 11.8 Å². The summed E-state index contributed by atoms with van der Waals surface area (Å²) in [6.07, 6.45) is 0. The number of carbonyl (C=O) groups excluding carboxylic acids is 4. The number of hydrogen-bond donors (Lipinski definition) is 0. The van der Waals surface area contributed by atoms with Gasteiger partial charge in [0.15, 0.2) is 0 Å². The fourth-order valence-electron chi connectivity index (χ4n) is 3.29. The zero-order valence-electron chi connectivity index (χ0n) is 14.6. The van der Waals surface area contributed by atoms with Gasteiger partial charge in [-0.3, -0.25) is 19.2 Å². The molecular formula is C20H14N2O4S. The fourth-order valence-corrected chi connectivity index (χ4v) is 4.21. The molecule has 6 nitrogen and oxygen atoms in total. The van der Waals surface area contributed by atoms with E-state index in [1.54, 1.807) is 49.4 Å². The fraction of sp³-hybridized carbons (Fsp3) is 0.100. The van der Waals surface area contributed by atoms with E-state index in [1.807, 2.05) is 6.07 Å². The highest BCUT2D eigenvalue weighted by Crippen LogP contribution is 2.45. The van der Waals surface area contributed by atoms with Crippen LogP contribution in [0.4, 0.5) is 16.2 Å². The lowest BCUT2D eigenvalue weighted by atomic mass is 10.1. The Balaban J connectivity index is 1.89. The van der Waals surface area contributed by atoms with Crippen molar-refractivity contribution in [3.8, 4) is 0 Å². The molecule has 7 heteroatoms. The predicted octanol–water partition coefficient (Wildman–Crippen LogP) is 3.50. The minimum absolute atomic E-state index is 0.0458. The van der Waals surface area contributed by atoms with Crippen molar-refractivity contribution in [3.05, 3.63) is 64.6 Å². The molecule has 0 unspecified atom stereocenters. The van der Waals surface area contributed by atoms with Crippen molar-refractivity contribution in [1.29, 1.82) is 0 Å². The zero-order valence-corrected chi connectivity index (χ0v) is 15.4. The lowest BCUT2D eigenvalue weighted by Crippen LogP contribution is -2.32. The Hall–Kier alpha value is -3.19. The van der Waals surface area contributed by atoms with Gasteiger partial charge in [0.1, 0.15) is 0 Å². The number of para-hydroxylation sites is 2. The standard InChI is InChI=1S/C20H14N2O4S/c1-11-7-3-5-9-14(11)22-19(25)17(27-20(22)26)16-13-8-4-6-10-15(13)21(12(2)23)18(16)24/h3-10H,1-2H3/b17-16-. The summed E-state index contributed by atoms with van der Waals surface area (Å²) in [5.74, 6) is -1.58. The number of benzene rings is 2. The second-order valence-electron chi connectivity index (χ2n) is 6.18. The Kier molecular flexibility index (Phi) is 3.96. The van der Waals surface area contributed by atoms with Crippen LogP contribution in [-0.2, 0) is 14.4 Å². The van der Waals surface area contributed by atoms with Crippen molar-refractivity contribution < 1.29 is 19.2 Å². The third-order valence-electron chi connectivity index (χ3n) is 4.50. The number of aryl methyl sites for hydroxylation is 1. The summed E-state index contributed by atoms with van der Waals surface area (Å²) in [6, 6.07) is 13.8. The summed E-state index contributed by atoms with van der Waals surface area (Å²) in [7, 11) is 0. The highest BCUT2D eigenvalue weighted by atomic mass is 32.2. The molecule has 4 rings (SSSR count). The maximum atomic E-state index is 13.1. The van der Waals surface area contributed by atoms with Gasteiger partial charge in [0.05, 0.1) is 21.9 Å². The van der Waals surface area contributed by atoms with Crippen molar-refractivity contribution in [2.24, 2.45) is 0 Å². The molecule has 0 atom stereocenters. The molecule has 4 amide bonds. The molecule has 2 heterocycles. The number of nitrogens with zero attached hydrogens (tertiary/aromatic N) is 2. The first kappa shape index (κ1) is 17.2. The summed E-state index contributed by atoms with van der Waals surface area (Å²) in [5.41, 5.74) is 2.26. The van der Waals surface area contributed by atoms with Crippen LogP contribution in [0.15, 0.2) is 53.4 Å². The number of rotatable bonds is 1. The van der Waals surface area contributed by atoms with Crippen LogP contribution in [0.25, 0.3) is 5.57 Å². The molecule has 1 saturated heterocycles. The first-order valence-corrected chi connectivity index (χ1v) is 9.04. The van der Waals surface area contributed by atoms with Crippen LogP contribution in [0, 0.1) is 6.92 Å². The van der Waals surface area contributed by atoms with E-state index in [0.29, 0.717) is 16.9 Å². The summed E-state index contributed by atoms with van der Waals surface area (Å²) in [6.45, 7) is 3.09. The third-order valence-corrected chi connectivity index (χ3v) is 5.44. The summed E-state index contributed by atoms with van der Waals surface area (Å²) >= 11 is 0.722. The van der Waals surface area contributed by atoms with Gasteiger partial charge in [-0.1, -0.05) is 36.4 Å². The molecule has 1 fully saturated rings. The van der Waals surface area contributed by atoms with Crippen molar-refractivity contribution in [2.75, 3.05) is 9.80 Å². The summed E-state index contributed by atoms with van der Waals surface area (Å²) < 4.78 is 0. The third kappa shape index (κ3) is 2.50. The van der Waals surface area contributed by atoms with Gasteiger partial charge < -0.3 is 0 Å². The first-order chi connectivity index (χ1) is 12.9. The number of amides is 4. The van der Waals surface area contributed by atoms with Crippen molar-refractivity contribution in [2.45, 2.75) is 13.8 Å². The van der Waals surface area contributed by atoms with Gasteiger partial charge in [0.2, 0.25) is 5.91 Å². The van der Waals surface area contributed by atoms with E-state index < -0.39 is 23.0 Å². The largest absolute Gasteiger partial charge is 0.298 e. The van der Waals surface area contributed by atoms with Crippen molar-refractivity contribution in [1.82, 2.24) is 0 Å². The second-order valence-corrected chi connectivity index (χ2v) is 7.14. The Labute approximate surface area is 159 Å². The maximum absolute atomic E-state index is 13.1. The van der Waals surface area contributed by atoms with Gasteiger partial charge in [-0.15, -0.1) is 0 Å². The van der Waals surface area contributed by atoms with E-state index in [1.165, 1.54) is 6.92 Å². The van der Waals surface area contributed by atoms with Crippen LogP contribution < -0.4 is 9.80 Å². The van der Waals surface area contributed by atoms with Crippen LogP contribution in [0.2, 0.25) is 0 Å². The molecule has 2 aliphatic rings.